The van der Waals surface area contributed by atoms with Crippen LogP contribution in [0.15, 0.2) is 28.7 Å². The summed E-state index contributed by atoms with van der Waals surface area (Å²) in [5.74, 6) is 0. The molecule has 1 aliphatic heterocycles. The molecule has 0 spiro atoms. The van der Waals surface area contributed by atoms with Crippen LogP contribution in [0.2, 0.25) is 18.1 Å². The average Bonchev–Trinajstić information content (AvgIpc) is 2.97. The van der Waals surface area contributed by atoms with E-state index in [4.69, 9.17) is 4.43 Å². The predicted octanol–water partition coefficient (Wildman–Crippen LogP) is 5.20. The van der Waals surface area contributed by atoms with Gasteiger partial charge in [-0.2, -0.15) is 0 Å². The molecule has 2 atom stereocenters. The number of benzene rings is 1. The highest BCUT2D eigenvalue weighted by atomic mass is 79.9. The van der Waals surface area contributed by atoms with E-state index >= 15 is 0 Å². The Balaban J connectivity index is 2.08. The van der Waals surface area contributed by atoms with Crippen molar-refractivity contribution in [2.24, 2.45) is 0 Å². The molecule has 7 heteroatoms. The topological polar surface area (TPSA) is 53.0 Å². The van der Waals surface area contributed by atoms with Crippen molar-refractivity contribution >= 4 is 30.3 Å². The number of rotatable bonds is 6. The molecule has 1 amide bonds. The molecular weight excluding hydrogens is 424 g/mol. The van der Waals surface area contributed by atoms with Crippen LogP contribution >= 0.6 is 15.9 Å². The van der Waals surface area contributed by atoms with Gasteiger partial charge in [0.15, 0.2) is 8.32 Å². The third-order valence-electron chi connectivity index (χ3n) is 5.93. The molecule has 5 nitrogen and oxygen atoms in total. The first-order chi connectivity index (χ1) is 12.4. The molecule has 1 fully saturated rings. The minimum absolute atomic E-state index is 0.197. The van der Waals surface area contributed by atoms with Gasteiger partial charge < -0.3 is 14.4 Å². The van der Waals surface area contributed by atoms with Crippen LogP contribution in [-0.4, -0.2) is 62.1 Å². The summed E-state index contributed by atoms with van der Waals surface area (Å²) in [6.45, 7) is 13.8. The summed E-state index contributed by atoms with van der Waals surface area (Å²) in [6, 6.07) is 7.71. The lowest BCUT2D eigenvalue weighted by Gasteiger charge is -2.38. The van der Waals surface area contributed by atoms with E-state index in [0.717, 1.165) is 29.5 Å². The van der Waals surface area contributed by atoms with Gasteiger partial charge in [-0.3, -0.25) is 4.90 Å². The van der Waals surface area contributed by atoms with E-state index in [2.05, 4.69) is 54.7 Å². The average molecular weight is 457 g/mol. The standard InChI is InChI=1S/C20H33BrN2O3Si/c1-20(2,3)27(5,6)26-17-10-11-23(13-17)14-18(22(4)19(24)25)15-8-7-9-16(21)12-15/h7-9,12,17-18H,10-11,13-14H2,1-6H3,(H,24,25)/t17?,18-/m1/s1. The van der Waals surface area contributed by atoms with E-state index in [1.807, 2.05) is 24.3 Å². The van der Waals surface area contributed by atoms with Gasteiger partial charge in [-0.25, -0.2) is 4.79 Å². The summed E-state index contributed by atoms with van der Waals surface area (Å²) in [5.41, 5.74) is 1.00. The second-order valence-corrected chi connectivity index (χ2v) is 14.7. The maximum Gasteiger partial charge on any atom is 0.407 e. The lowest BCUT2D eigenvalue weighted by Crippen LogP contribution is -2.45. The molecule has 0 saturated carbocycles. The Bertz CT molecular complexity index is 663. The van der Waals surface area contributed by atoms with Crippen LogP contribution in [0, 0.1) is 0 Å². The third kappa shape index (κ3) is 5.79. The summed E-state index contributed by atoms with van der Waals surface area (Å²) >= 11 is 3.50. The van der Waals surface area contributed by atoms with Crippen LogP contribution in [0.5, 0.6) is 0 Å². The van der Waals surface area contributed by atoms with Crippen molar-refractivity contribution in [1.29, 1.82) is 0 Å². The second kappa shape index (κ2) is 8.63. The lowest BCUT2D eigenvalue weighted by atomic mass is 10.1. The number of carboxylic acid groups (broad SMARTS) is 1. The van der Waals surface area contributed by atoms with Crippen molar-refractivity contribution in [3.63, 3.8) is 0 Å². The Labute approximate surface area is 172 Å². The first-order valence-electron chi connectivity index (χ1n) is 9.52. The molecule has 0 aromatic heterocycles. The number of hydrogen-bond acceptors (Lipinski definition) is 3. The van der Waals surface area contributed by atoms with Gasteiger partial charge in [-0.15, -0.1) is 0 Å². The molecule has 1 heterocycles. The monoisotopic (exact) mass is 456 g/mol. The molecule has 1 aromatic rings. The molecule has 1 aliphatic rings. The fourth-order valence-electron chi connectivity index (χ4n) is 3.20. The van der Waals surface area contributed by atoms with Gasteiger partial charge in [0.05, 0.1) is 12.1 Å². The van der Waals surface area contributed by atoms with Gasteiger partial charge in [0, 0.05) is 31.2 Å². The van der Waals surface area contributed by atoms with Crippen molar-refractivity contribution in [1.82, 2.24) is 9.80 Å². The number of likely N-dealkylation sites (N-methyl/N-ethyl adjacent to an activating group) is 1. The maximum absolute atomic E-state index is 11.6. The molecule has 27 heavy (non-hydrogen) atoms. The summed E-state index contributed by atoms with van der Waals surface area (Å²) in [6.07, 6.45) is 0.339. The normalized spacial score (nSPS) is 19.9. The van der Waals surface area contributed by atoms with E-state index in [0.29, 0.717) is 6.54 Å². The molecule has 152 valence electrons. The first-order valence-corrected chi connectivity index (χ1v) is 13.2. The summed E-state index contributed by atoms with van der Waals surface area (Å²) in [4.78, 5) is 15.4. The van der Waals surface area contributed by atoms with Crippen LogP contribution in [0.4, 0.5) is 4.79 Å². The molecule has 2 rings (SSSR count). The molecule has 1 N–H and O–H groups in total. The summed E-state index contributed by atoms with van der Waals surface area (Å²) < 4.78 is 7.53. The van der Waals surface area contributed by atoms with Gasteiger partial charge in [0.1, 0.15) is 0 Å². The minimum atomic E-state index is -1.79. The fourth-order valence-corrected chi connectivity index (χ4v) is 4.99. The Morgan fingerprint density at radius 3 is 2.67 bits per heavy atom. The Kier molecular flexibility index (Phi) is 7.16. The van der Waals surface area contributed by atoms with E-state index < -0.39 is 14.4 Å². The predicted molar refractivity (Wildman–Crippen MR) is 116 cm³/mol. The van der Waals surface area contributed by atoms with Crippen molar-refractivity contribution in [2.45, 2.75) is 57.5 Å². The highest BCUT2D eigenvalue weighted by Gasteiger charge is 2.40. The third-order valence-corrected chi connectivity index (χ3v) is 11.0. The number of carbonyl (C=O) groups is 1. The number of halogens is 1. The van der Waals surface area contributed by atoms with Gasteiger partial charge in [-0.1, -0.05) is 48.8 Å². The van der Waals surface area contributed by atoms with Crippen LogP contribution < -0.4 is 0 Å². The quantitative estimate of drug-likeness (QED) is 0.597. The molecule has 1 aromatic carbocycles. The Morgan fingerprint density at radius 1 is 1.44 bits per heavy atom. The van der Waals surface area contributed by atoms with Crippen LogP contribution in [-0.2, 0) is 4.43 Å². The van der Waals surface area contributed by atoms with Crippen molar-refractivity contribution in [3.8, 4) is 0 Å². The summed E-state index contributed by atoms with van der Waals surface area (Å²) in [7, 11) is -0.142. The van der Waals surface area contributed by atoms with Crippen LogP contribution in [0.1, 0.15) is 38.8 Å². The van der Waals surface area contributed by atoms with Gasteiger partial charge >= 0.3 is 6.09 Å². The highest BCUT2D eigenvalue weighted by molar-refractivity contribution is 9.10. The number of likely N-dealkylation sites (tertiary alicyclic amines) is 1. The number of hydrogen-bond donors (Lipinski definition) is 1. The van der Waals surface area contributed by atoms with Crippen LogP contribution in [0.25, 0.3) is 0 Å². The van der Waals surface area contributed by atoms with Gasteiger partial charge in [0.2, 0.25) is 0 Å². The lowest BCUT2D eigenvalue weighted by molar-refractivity contribution is 0.121. The van der Waals surface area contributed by atoms with Crippen LogP contribution in [0.3, 0.4) is 0 Å². The molecule has 0 radical (unpaired) electrons. The molecular formula is C20H33BrN2O3Si. The minimum Gasteiger partial charge on any atom is -0.465 e. The first kappa shape index (κ1) is 22.4. The molecule has 1 unspecified atom stereocenters. The Hall–Kier alpha value is -0.893. The van der Waals surface area contributed by atoms with E-state index in [-0.39, 0.29) is 17.2 Å². The van der Waals surface area contributed by atoms with Crippen molar-refractivity contribution in [2.75, 3.05) is 26.7 Å². The zero-order chi connectivity index (χ0) is 20.4. The summed E-state index contributed by atoms with van der Waals surface area (Å²) in [5, 5.41) is 9.73. The number of nitrogens with zero attached hydrogens (tertiary/aromatic N) is 2. The SMILES string of the molecule is CN(C(=O)O)[C@H](CN1CCC(O[Si](C)(C)C(C)(C)C)C1)c1cccc(Br)c1. The smallest absolute Gasteiger partial charge is 0.407 e. The van der Waals surface area contributed by atoms with Gasteiger partial charge in [-0.05, 0) is 42.2 Å². The highest BCUT2D eigenvalue weighted by Crippen LogP contribution is 2.38. The molecule has 0 bridgehead atoms. The van der Waals surface area contributed by atoms with E-state index in [9.17, 15) is 9.90 Å². The van der Waals surface area contributed by atoms with Crippen molar-refractivity contribution < 1.29 is 14.3 Å². The maximum atomic E-state index is 11.6. The van der Waals surface area contributed by atoms with E-state index in [1.165, 1.54) is 4.90 Å². The van der Waals surface area contributed by atoms with Crippen molar-refractivity contribution in [3.05, 3.63) is 34.3 Å². The number of amides is 1. The zero-order valence-corrected chi connectivity index (χ0v) is 19.9. The fraction of sp³-hybridized carbons (Fsp3) is 0.650. The molecule has 0 aliphatic carbocycles. The molecule has 1 saturated heterocycles. The largest absolute Gasteiger partial charge is 0.465 e. The van der Waals surface area contributed by atoms with Gasteiger partial charge in [0.25, 0.3) is 0 Å². The second-order valence-electron chi connectivity index (χ2n) is 9.01. The Morgan fingerprint density at radius 2 is 2.11 bits per heavy atom. The zero-order valence-electron chi connectivity index (χ0n) is 17.3. The van der Waals surface area contributed by atoms with E-state index in [1.54, 1.807) is 7.05 Å².